The van der Waals surface area contributed by atoms with Crippen molar-refractivity contribution in [2.45, 2.75) is 20.0 Å². The maximum absolute atomic E-state index is 12.7. The average Bonchev–Trinajstić information content (AvgIpc) is 2.40. The third-order valence-corrected chi connectivity index (χ3v) is 10.6. The molecule has 1 aromatic carbocycles. The summed E-state index contributed by atoms with van der Waals surface area (Å²) in [6.07, 6.45) is 0.181. The summed E-state index contributed by atoms with van der Waals surface area (Å²) in [6, 6.07) is 0. The van der Waals surface area contributed by atoms with Gasteiger partial charge in [0.2, 0.25) is 0 Å². The molecule has 0 spiro atoms. The van der Waals surface area contributed by atoms with Crippen LogP contribution in [0.2, 0.25) is 0 Å². The van der Waals surface area contributed by atoms with Crippen LogP contribution in [0.3, 0.4) is 0 Å². The van der Waals surface area contributed by atoms with Crippen molar-refractivity contribution in [3.8, 4) is 0 Å². The van der Waals surface area contributed by atoms with Crippen molar-refractivity contribution in [1.29, 1.82) is 0 Å². The Morgan fingerprint density at radius 2 is 1.15 bits per heavy atom. The van der Waals surface area contributed by atoms with Gasteiger partial charge >= 0.3 is 7.60 Å². The van der Waals surface area contributed by atoms with E-state index in [0.717, 1.165) is 27.9 Å². The van der Waals surface area contributed by atoms with Crippen molar-refractivity contribution < 1.29 is 13.6 Å². The predicted octanol–water partition coefficient (Wildman–Crippen LogP) is 7.27. The minimum absolute atomic E-state index is 0.181. The molecular formula is C11H12Br5O3P. The number of hydrogen-bond acceptors (Lipinski definition) is 3. The summed E-state index contributed by atoms with van der Waals surface area (Å²) in [5.41, 5.74) is 0.817. The number of hydrogen-bond donors (Lipinski definition) is 0. The Kier molecular flexibility index (Phi) is 8.50. The van der Waals surface area contributed by atoms with E-state index in [9.17, 15) is 4.57 Å². The van der Waals surface area contributed by atoms with Crippen molar-refractivity contribution in [3.05, 3.63) is 27.9 Å². The van der Waals surface area contributed by atoms with Gasteiger partial charge in [-0.2, -0.15) is 0 Å². The smallest absolute Gasteiger partial charge is 0.309 e. The van der Waals surface area contributed by atoms with Crippen LogP contribution in [0.15, 0.2) is 22.4 Å². The molecule has 1 rings (SSSR count). The van der Waals surface area contributed by atoms with E-state index >= 15 is 0 Å². The van der Waals surface area contributed by atoms with Crippen LogP contribution in [0, 0.1) is 0 Å². The number of halogens is 5. The SMILES string of the molecule is CCOP(=O)(Cc1c(Br)c(Br)c(Br)c(Br)c1Br)OCC. The fourth-order valence-corrected chi connectivity index (χ4v) is 7.09. The van der Waals surface area contributed by atoms with Crippen LogP contribution in [0.1, 0.15) is 19.4 Å². The van der Waals surface area contributed by atoms with Crippen molar-refractivity contribution in [3.63, 3.8) is 0 Å². The lowest BCUT2D eigenvalue weighted by Gasteiger charge is -2.20. The molecular weight excluding hydrogens is 611 g/mol. The molecule has 3 nitrogen and oxygen atoms in total. The summed E-state index contributed by atoms with van der Waals surface area (Å²) in [4.78, 5) is 0. The van der Waals surface area contributed by atoms with E-state index in [2.05, 4.69) is 79.6 Å². The Labute approximate surface area is 160 Å². The number of rotatable bonds is 6. The summed E-state index contributed by atoms with van der Waals surface area (Å²) in [5, 5.41) is 0. The van der Waals surface area contributed by atoms with Crippen LogP contribution >= 0.6 is 87.2 Å². The first-order valence-corrected chi connectivity index (χ1v) is 11.3. The molecule has 0 unspecified atom stereocenters. The van der Waals surface area contributed by atoms with Crippen LogP contribution in [-0.2, 0) is 19.8 Å². The van der Waals surface area contributed by atoms with E-state index in [1.165, 1.54) is 0 Å². The molecule has 9 heteroatoms. The van der Waals surface area contributed by atoms with Gasteiger partial charge in [-0.3, -0.25) is 4.57 Å². The Morgan fingerprint density at radius 1 is 0.800 bits per heavy atom. The molecule has 0 aliphatic carbocycles. The summed E-state index contributed by atoms with van der Waals surface area (Å²) in [7, 11) is -3.17. The largest absolute Gasteiger partial charge is 0.335 e. The Hall–Kier alpha value is 1.77. The minimum atomic E-state index is -3.17. The topological polar surface area (TPSA) is 35.5 Å². The summed E-state index contributed by atoms with van der Waals surface area (Å²) < 4.78 is 27.5. The van der Waals surface area contributed by atoms with Gasteiger partial charge in [0, 0.05) is 22.4 Å². The lowest BCUT2D eigenvalue weighted by atomic mass is 10.2. The van der Waals surface area contributed by atoms with E-state index in [-0.39, 0.29) is 6.16 Å². The molecule has 0 atom stereocenters. The van der Waals surface area contributed by atoms with E-state index in [1.807, 2.05) is 0 Å². The Morgan fingerprint density at radius 3 is 1.50 bits per heavy atom. The third-order valence-electron chi connectivity index (χ3n) is 2.30. The van der Waals surface area contributed by atoms with Crippen LogP contribution in [0.4, 0.5) is 0 Å². The van der Waals surface area contributed by atoms with Gasteiger partial charge in [0.15, 0.2) is 0 Å². The van der Waals surface area contributed by atoms with Gasteiger partial charge in [0.25, 0.3) is 0 Å². The zero-order valence-corrected chi connectivity index (χ0v) is 19.5. The molecule has 114 valence electrons. The van der Waals surface area contributed by atoms with Gasteiger partial charge < -0.3 is 9.05 Å². The highest BCUT2D eigenvalue weighted by Crippen LogP contribution is 2.55. The van der Waals surface area contributed by atoms with Crippen LogP contribution in [-0.4, -0.2) is 13.2 Å². The Bertz CT molecular complexity index is 510. The normalized spacial score (nSPS) is 11.9. The van der Waals surface area contributed by atoms with Gasteiger partial charge in [-0.15, -0.1) is 0 Å². The van der Waals surface area contributed by atoms with Gasteiger partial charge in [-0.1, -0.05) is 0 Å². The summed E-state index contributed by atoms with van der Waals surface area (Å²) in [5.74, 6) is 0. The maximum atomic E-state index is 12.7. The van der Waals surface area contributed by atoms with Crippen molar-refractivity contribution in [2.75, 3.05) is 13.2 Å². The predicted molar refractivity (Wildman–Crippen MR) is 99.5 cm³/mol. The molecule has 0 aliphatic heterocycles. The van der Waals surface area contributed by atoms with Gasteiger partial charge in [-0.05, 0) is 99.1 Å². The molecule has 0 N–H and O–H groups in total. The van der Waals surface area contributed by atoms with Crippen molar-refractivity contribution in [2.24, 2.45) is 0 Å². The molecule has 0 radical (unpaired) electrons. The zero-order chi connectivity index (χ0) is 15.5. The van der Waals surface area contributed by atoms with Crippen molar-refractivity contribution >= 4 is 87.2 Å². The molecule has 0 saturated carbocycles. The molecule has 0 aromatic heterocycles. The molecule has 1 aromatic rings. The minimum Gasteiger partial charge on any atom is -0.309 e. The standard InChI is InChI=1S/C11H12Br5O3P/c1-3-18-20(17,19-4-2)5-6-7(12)9(14)11(16)10(15)8(6)13/h3-5H2,1-2H3. The number of benzene rings is 1. The highest BCUT2D eigenvalue weighted by Gasteiger charge is 2.29. The molecule has 0 aliphatic rings. The van der Waals surface area contributed by atoms with Gasteiger partial charge in [-0.25, -0.2) is 0 Å². The highest BCUT2D eigenvalue weighted by molar-refractivity contribution is 9.15. The van der Waals surface area contributed by atoms with Gasteiger partial charge in [0.05, 0.1) is 19.4 Å². The fraction of sp³-hybridized carbons (Fsp3) is 0.455. The Balaban J connectivity index is 3.30. The molecule has 20 heavy (non-hydrogen) atoms. The monoisotopic (exact) mass is 618 g/mol. The van der Waals surface area contributed by atoms with E-state index < -0.39 is 7.60 Å². The zero-order valence-electron chi connectivity index (χ0n) is 10.7. The maximum Gasteiger partial charge on any atom is 0.335 e. The summed E-state index contributed by atoms with van der Waals surface area (Å²) >= 11 is 17.5. The first-order valence-electron chi connectivity index (χ1n) is 5.65. The quantitative estimate of drug-likeness (QED) is 0.190. The first kappa shape index (κ1) is 19.8. The molecule has 0 saturated heterocycles. The van der Waals surface area contributed by atoms with E-state index in [1.54, 1.807) is 13.8 Å². The first-order chi connectivity index (χ1) is 9.27. The van der Waals surface area contributed by atoms with Crippen molar-refractivity contribution in [1.82, 2.24) is 0 Å². The second-order valence-electron chi connectivity index (χ2n) is 3.65. The molecule has 0 amide bonds. The lowest BCUT2D eigenvalue weighted by molar-refractivity contribution is 0.219. The third kappa shape index (κ3) is 4.63. The fourth-order valence-electron chi connectivity index (χ4n) is 1.50. The lowest BCUT2D eigenvalue weighted by Crippen LogP contribution is -2.01. The molecule has 0 fully saturated rings. The highest BCUT2D eigenvalue weighted by atomic mass is 79.9. The molecule has 0 bridgehead atoms. The molecule has 0 heterocycles. The summed E-state index contributed by atoms with van der Waals surface area (Å²) in [6.45, 7) is 4.27. The van der Waals surface area contributed by atoms with Crippen LogP contribution in [0.25, 0.3) is 0 Å². The van der Waals surface area contributed by atoms with E-state index in [0.29, 0.717) is 13.2 Å². The van der Waals surface area contributed by atoms with E-state index in [4.69, 9.17) is 9.05 Å². The second-order valence-corrected chi connectivity index (χ2v) is 9.67. The average molecular weight is 623 g/mol. The van der Waals surface area contributed by atoms with Gasteiger partial charge in [0.1, 0.15) is 0 Å². The second kappa shape index (κ2) is 8.57. The van der Waals surface area contributed by atoms with Crippen LogP contribution in [0.5, 0.6) is 0 Å². The van der Waals surface area contributed by atoms with Crippen LogP contribution < -0.4 is 0 Å².